The van der Waals surface area contributed by atoms with Crippen molar-refractivity contribution in [3.8, 4) is 0 Å². The molecule has 0 radical (unpaired) electrons. The number of hydrogen-bond donors (Lipinski definition) is 3. The van der Waals surface area contributed by atoms with E-state index in [2.05, 4.69) is 20.6 Å². The van der Waals surface area contributed by atoms with Crippen LogP contribution in [0, 0.1) is 0 Å². The lowest BCUT2D eigenvalue weighted by Gasteiger charge is -2.13. The number of nitrogens with zero attached hydrogens (tertiary/aromatic N) is 2. The summed E-state index contributed by atoms with van der Waals surface area (Å²) >= 11 is 12.0. The molecular weight excluding hydrogens is 471 g/mol. The van der Waals surface area contributed by atoms with Gasteiger partial charge in [0, 0.05) is 30.5 Å². The molecule has 0 bridgehead atoms. The Balaban J connectivity index is 1.78. The van der Waals surface area contributed by atoms with Gasteiger partial charge < -0.3 is 15.7 Å². The van der Waals surface area contributed by atoms with Gasteiger partial charge in [0.2, 0.25) is 0 Å². The highest BCUT2D eigenvalue weighted by Crippen LogP contribution is 2.24. The number of carboxylic acids is 1. The van der Waals surface area contributed by atoms with Gasteiger partial charge in [0.15, 0.2) is 0 Å². The van der Waals surface area contributed by atoms with E-state index in [0.29, 0.717) is 11.3 Å². The molecule has 0 fully saturated rings. The molecule has 33 heavy (non-hydrogen) atoms. The number of pyridine rings is 1. The Labute approximate surface area is 197 Å². The van der Waals surface area contributed by atoms with E-state index in [1.165, 1.54) is 12.4 Å². The highest BCUT2D eigenvalue weighted by molar-refractivity contribution is 6.40. The van der Waals surface area contributed by atoms with Gasteiger partial charge in [-0.3, -0.25) is 19.4 Å². The number of carbonyl (C=O) groups is 2. The summed E-state index contributed by atoms with van der Waals surface area (Å²) in [5.74, 6) is -1.85. The highest BCUT2D eigenvalue weighted by Gasteiger charge is 2.23. The topological polar surface area (TPSA) is 138 Å². The molecule has 9 nitrogen and oxygen atoms in total. The van der Waals surface area contributed by atoms with Gasteiger partial charge >= 0.3 is 5.97 Å². The third-order valence-electron chi connectivity index (χ3n) is 4.48. The number of carboxylic acid groups (broad SMARTS) is 1. The summed E-state index contributed by atoms with van der Waals surface area (Å²) in [6.45, 7) is 3.55. The zero-order valence-electron chi connectivity index (χ0n) is 17.5. The maximum absolute atomic E-state index is 12.5. The van der Waals surface area contributed by atoms with E-state index in [-0.39, 0.29) is 45.2 Å². The van der Waals surface area contributed by atoms with E-state index < -0.39 is 22.7 Å². The van der Waals surface area contributed by atoms with Crippen molar-refractivity contribution in [2.24, 2.45) is 4.99 Å². The van der Waals surface area contributed by atoms with Crippen LogP contribution >= 0.6 is 23.2 Å². The predicted molar refractivity (Wildman–Crippen MR) is 127 cm³/mol. The summed E-state index contributed by atoms with van der Waals surface area (Å²) in [7, 11) is 0. The van der Waals surface area contributed by atoms with E-state index >= 15 is 0 Å². The number of aliphatic imine (C=N–C) groups is 1. The van der Waals surface area contributed by atoms with E-state index in [1.54, 1.807) is 38.1 Å². The number of hydrogen-bond acceptors (Lipinski definition) is 7. The second-order valence-corrected chi connectivity index (χ2v) is 8.16. The Morgan fingerprint density at radius 1 is 1.06 bits per heavy atom. The molecule has 3 aromatic rings. The minimum Gasteiger partial charge on any atom is -0.477 e. The molecular formula is C22H18Cl2N4O5. The average Bonchev–Trinajstić information content (AvgIpc) is 2.75. The first-order chi connectivity index (χ1) is 15.6. The van der Waals surface area contributed by atoms with Crippen molar-refractivity contribution in [3.63, 3.8) is 0 Å². The van der Waals surface area contributed by atoms with Crippen molar-refractivity contribution in [2.45, 2.75) is 26.3 Å². The van der Waals surface area contributed by atoms with Crippen LogP contribution in [0.3, 0.4) is 0 Å². The van der Waals surface area contributed by atoms with Crippen LogP contribution in [0.4, 0.5) is 17.1 Å². The van der Waals surface area contributed by atoms with Crippen molar-refractivity contribution in [2.75, 3.05) is 10.6 Å². The Kier molecular flexibility index (Phi) is 7.25. The van der Waals surface area contributed by atoms with Gasteiger partial charge in [-0.1, -0.05) is 35.3 Å². The van der Waals surface area contributed by atoms with E-state index in [1.807, 2.05) is 0 Å². The summed E-state index contributed by atoms with van der Waals surface area (Å²) in [6.07, 6.45) is 2.50. The highest BCUT2D eigenvalue weighted by atomic mass is 35.5. The smallest absolute Gasteiger partial charge is 0.350 e. The maximum atomic E-state index is 12.5. The molecule has 0 saturated carbocycles. The first-order valence-electron chi connectivity index (χ1n) is 9.68. The summed E-state index contributed by atoms with van der Waals surface area (Å²) in [4.78, 5) is 55.5. The molecule has 11 heteroatoms. The molecule has 0 atom stereocenters. The molecule has 0 aliphatic carbocycles. The van der Waals surface area contributed by atoms with Gasteiger partial charge in [0.1, 0.15) is 17.1 Å². The molecule has 1 heterocycles. The minimum atomic E-state index is -1.32. The number of benzene rings is 1. The van der Waals surface area contributed by atoms with Crippen LogP contribution in [0.5, 0.6) is 0 Å². The van der Waals surface area contributed by atoms with Crippen molar-refractivity contribution in [1.29, 1.82) is 0 Å². The van der Waals surface area contributed by atoms with Crippen LogP contribution < -0.4 is 21.5 Å². The fourth-order valence-electron chi connectivity index (χ4n) is 2.93. The number of amides is 1. The Bertz CT molecular complexity index is 1310. The number of aromatic nitrogens is 1. The molecule has 3 N–H and O–H groups in total. The zero-order chi connectivity index (χ0) is 24.3. The molecule has 3 rings (SSSR count). The summed E-state index contributed by atoms with van der Waals surface area (Å²) < 4.78 is 0. The van der Waals surface area contributed by atoms with Gasteiger partial charge in [-0.25, -0.2) is 9.79 Å². The monoisotopic (exact) mass is 488 g/mol. The lowest BCUT2D eigenvalue weighted by Crippen LogP contribution is -2.36. The van der Waals surface area contributed by atoms with Crippen LogP contribution in [0.2, 0.25) is 10.0 Å². The second-order valence-electron chi connectivity index (χ2n) is 7.35. The standard InChI is InChI=1S/C22H18Cl2N4O5/c1-10(2)26-17-18(20(30)19(17)29)28-15(22(32)33)7-11-3-5-12(6-4-11)27-21(31)16-13(23)8-25-9-14(16)24/h3-6,8-10,26H,7H2,1-2H3,(H,27,31)(H,32,33). The van der Waals surface area contributed by atoms with Crippen LogP contribution in [-0.4, -0.2) is 33.7 Å². The second kappa shape index (κ2) is 9.93. The number of aliphatic carboxylic acids is 1. The Morgan fingerprint density at radius 2 is 1.67 bits per heavy atom. The predicted octanol–water partition coefficient (Wildman–Crippen LogP) is 3.46. The first-order valence-corrected chi connectivity index (χ1v) is 10.4. The molecule has 1 amide bonds. The number of rotatable bonds is 8. The summed E-state index contributed by atoms with van der Waals surface area (Å²) in [6, 6.07) is 6.20. The fraction of sp³-hybridized carbons (Fsp3) is 0.182. The minimum absolute atomic E-state index is 0.0141. The van der Waals surface area contributed by atoms with Gasteiger partial charge in [-0.15, -0.1) is 0 Å². The Morgan fingerprint density at radius 3 is 2.21 bits per heavy atom. The normalized spacial score (nSPS) is 11.6. The number of nitrogens with one attached hydrogen (secondary N) is 2. The molecule has 0 aliphatic rings. The lowest BCUT2D eigenvalue weighted by molar-refractivity contribution is -0.129. The summed E-state index contributed by atoms with van der Waals surface area (Å²) in [5.41, 5.74) is -0.970. The zero-order valence-corrected chi connectivity index (χ0v) is 19.0. The van der Waals surface area contributed by atoms with Gasteiger partial charge in [0.25, 0.3) is 16.8 Å². The molecule has 2 aromatic carbocycles. The van der Waals surface area contributed by atoms with Gasteiger partial charge in [0.05, 0.1) is 15.6 Å². The molecule has 170 valence electrons. The van der Waals surface area contributed by atoms with E-state index in [9.17, 15) is 24.3 Å². The average molecular weight is 489 g/mol. The molecule has 0 unspecified atom stereocenters. The van der Waals surface area contributed by atoms with Crippen molar-refractivity contribution >= 4 is 57.9 Å². The SMILES string of the molecule is CC(C)Nc1c(N=C(Cc2ccc(NC(=O)c3c(Cl)cncc3Cl)cc2)C(=O)O)c(=O)c1=O. The van der Waals surface area contributed by atoms with Crippen LogP contribution in [0.1, 0.15) is 29.8 Å². The van der Waals surface area contributed by atoms with Crippen molar-refractivity contribution < 1.29 is 14.7 Å². The van der Waals surface area contributed by atoms with Crippen LogP contribution in [0.25, 0.3) is 0 Å². The number of anilines is 2. The Hall–Kier alpha value is -3.56. The molecule has 0 saturated heterocycles. The number of carbonyl (C=O) groups excluding carboxylic acids is 1. The molecule has 1 aromatic heterocycles. The van der Waals surface area contributed by atoms with E-state index in [0.717, 1.165) is 0 Å². The van der Waals surface area contributed by atoms with Gasteiger partial charge in [-0.05, 0) is 31.5 Å². The van der Waals surface area contributed by atoms with Crippen LogP contribution in [0.15, 0.2) is 51.2 Å². The largest absolute Gasteiger partial charge is 0.477 e. The van der Waals surface area contributed by atoms with Crippen molar-refractivity contribution in [3.05, 3.63) is 78.3 Å². The van der Waals surface area contributed by atoms with Crippen molar-refractivity contribution in [1.82, 2.24) is 4.98 Å². The van der Waals surface area contributed by atoms with Crippen LogP contribution in [-0.2, 0) is 11.2 Å². The lowest BCUT2D eigenvalue weighted by atomic mass is 10.1. The first kappa shape index (κ1) is 24.1. The maximum Gasteiger partial charge on any atom is 0.350 e. The summed E-state index contributed by atoms with van der Waals surface area (Å²) in [5, 5.41) is 15.2. The molecule has 0 aliphatic heterocycles. The van der Waals surface area contributed by atoms with Gasteiger partial charge in [-0.2, -0.15) is 0 Å². The quantitative estimate of drug-likeness (QED) is 0.326. The third kappa shape index (κ3) is 5.44. The third-order valence-corrected chi connectivity index (χ3v) is 5.05. The fourth-order valence-corrected chi connectivity index (χ4v) is 3.46. The number of halogens is 2. The molecule has 0 spiro atoms. The van der Waals surface area contributed by atoms with E-state index in [4.69, 9.17) is 23.2 Å².